The fourth-order valence-corrected chi connectivity index (χ4v) is 3.28. The Morgan fingerprint density at radius 3 is 2.63 bits per heavy atom. The molecule has 6 heteroatoms. The Morgan fingerprint density at radius 2 is 1.87 bits per heavy atom. The number of benzene rings is 3. The lowest BCUT2D eigenvalue weighted by Crippen LogP contribution is -2.23. The van der Waals surface area contributed by atoms with Crippen LogP contribution in [0.15, 0.2) is 77.9 Å². The number of hydrogen-bond acceptors (Lipinski definition) is 4. The summed E-state index contributed by atoms with van der Waals surface area (Å²) in [6.07, 6.45) is 0.606. The van der Waals surface area contributed by atoms with E-state index in [1.807, 2.05) is 48.5 Å². The summed E-state index contributed by atoms with van der Waals surface area (Å²) in [4.78, 5) is 12.6. The lowest BCUT2D eigenvalue weighted by atomic mass is 10.1. The van der Waals surface area contributed by atoms with E-state index in [2.05, 4.69) is 5.10 Å². The molecule has 0 aromatic heterocycles. The van der Waals surface area contributed by atoms with Gasteiger partial charge in [0, 0.05) is 17.5 Å². The molecule has 152 valence electrons. The second-order valence-electron chi connectivity index (χ2n) is 6.88. The van der Waals surface area contributed by atoms with E-state index in [1.54, 1.807) is 13.2 Å². The zero-order chi connectivity index (χ0) is 20.9. The van der Waals surface area contributed by atoms with Crippen molar-refractivity contribution in [2.45, 2.75) is 13.0 Å². The monoisotopic (exact) mass is 404 g/mol. The topological polar surface area (TPSA) is 51.1 Å². The molecule has 0 spiro atoms. The maximum absolute atomic E-state index is 13.4. The number of ether oxygens (including phenoxy) is 2. The van der Waals surface area contributed by atoms with Gasteiger partial charge in [-0.05, 0) is 42.0 Å². The van der Waals surface area contributed by atoms with Crippen LogP contribution in [0.3, 0.4) is 0 Å². The third kappa shape index (κ3) is 4.33. The predicted molar refractivity (Wildman–Crippen MR) is 112 cm³/mol. The van der Waals surface area contributed by atoms with Gasteiger partial charge in [0.05, 0.1) is 19.4 Å². The molecule has 0 radical (unpaired) electrons. The van der Waals surface area contributed by atoms with Crippen molar-refractivity contribution in [1.29, 1.82) is 0 Å². The Morgan fingerprint density at radius 1 is 1.03 bits per heavy atom. The molecule has 30 heavy (non-hydrogen) atoms. The van der Waals surface area contributed by atoms with Crippen LogP contribution in [0.2, 0.25) is 0 Å². The van der Waals surface area contributed by atoms with Gasteiger partial charge < -0.3 is 9.47 Å². The molecule has 0 atom stereocenters. The van der Waals surface area contributed by atoms with Gasteiger partial charge >= 0.3 is 0 Å². The number of nitrogens with zero attached hydrogens (tertiary/aromatic N) is 2. The zero-order valence-corrected chi connectivity index (χ0v) is 16.5. The number of amides is 1. The Bertz CT molecular complexity index is 1080. The molecule has 1 aliphatic rings. The SMILES string of the molecule is COc1cc(C2=NN(C(=O)c3cccc(F)c3)CC2)ccc1OCc1ccccc1. The van der Waals surface area contributed by atoms with Crippen molar-refractivity contribution in [1.82, 2.24) is 5.01 Å². The van der Waals surface area contributed by atoms with E-state index in [0.29, 0.717) is 31.1 Å². The normalized spacial score (nSPS) is 13.1. The molecule has 5 nitrogen and oxygen atoms in total. The van der Waals surface area contributed by atoms with Crippen LogP contribution in [0.25, 0.3) is 0 Å². The molecule has 1 aliphatic heterocycles. The molecule has 3 aromatic rings. The van der Waals surface area contributed by atoms with Gasteiger partial charge in [-0.2, -0.15) is 5.10 Å². The number of carbonyl (C=O) groups is 1. The molecule has 0 unspecified atom stereocenters. The van der Waals surface area contributed by atoms with Gasteiger partial charge in [0.25, 0.3) is 5.91 Å². The molecular formula is C24H21FN2O3. The number of rotatable bonds is 6. The molecule has 0 bridgehead atoms. The molecular weight excluding hydrogens is 383 g/mol. The van der Waals surface area contributed by atoms with E-state index in [1.165, 1.54) is 23.2 Å². The van der Waals surface area contributed by atoms with Gasteiger partial charge in [-0.15, -0.1) is 0 Å². The van der Waals surface area contributed by atoms with Crippen LogP contribution in [0, 0.1) is 5.82 Å². The van der Waals surface area contributed by atoms with E-state index in [-0.39, 0.29) is 11.5 Å². The first-order valence-corrected chi connectivity index (χ1v) is 9.64. The Balaban J connectivity index is 1.50. The minimum atomic E-state index is -0.444. The Labute approximate surface area is 174 Å². The summed E-state index contributed by atoms with van der Waals surface area (Å²) in [7, 11) is 1.59. The maximum atomic E-state index is 13.4. The largest absolute Gasteiger partial charge is 0.493 e. The molecule has 0 saturated heterocycles. The molecule has 0 aliphatic carbocycles. The molecule has 0 N–H and O–H groups in total. The average molecular weight is 404 g/mol. The van der Waals surface area contributed by atoms with Crippen LogP contribution < -0.4 is 9.47 Å². The van der Waals surface area contributed by atoms with E-state index in [4.69, 9.17) is 9.47 Å². The predicted octanol–water partition coefficient (Wildman–Crippen LogP) is 4.66. The fraction of sp³-hybridized carbons (Fsp3) is 0.167. The molecule has 3 aromatic carbocycles. The van der Waals surface area contributed by atoms with Crippen molar-refractivity contribution in [2.24, 2.45) is 5.10 Å². The van der Waals surface area contributed by atoms with Crippen LogP contribution in [0.1, 0.15) is 27.9 Å². The van der Waals surface area contributed by atoms with E-state index < -0.39 is 5.82 Å². The van der Waals surface area contributed by atoms with Gasteiger partial charge in [0.2, 0.25) is 0 Å². The van der Waals surface area contributed by atoms with Crippen molar-refractivity contribution in [2.75, 3.05) is 13.7 Å². The first-order valence-electron chi connectivity index (χ1n) is 9.64. The van der Waals surface area contributed by atoms with Crippen LogP contribution in [-0.2, 0) is 6.61 Å². The number of halogens is 1. The smallest absolute Gasteiger partial charge is 0.274 e. The summed E-state index contributed by atoms with van der Waals surface area (Å²) >= 11 is 0. The Kier molecular flexibility index (Phi) is 5.75. The third-order valence-electron chi connectivity index (χ3n) is 4.84. The van der Waals surface area contributed by atoms with Crippen LogP contribution in [0.5, 0.6) is 11.5 Å². The van der Waals surface area contributed by atoms with Gasteiger partial charge in [0.15, 0.2) is 11.5 Å². The molecule has 0 fully saturated rings. The first-order chi connectivity index (χ1) is 14.6. The molecule has 0 saturated carbocycles. The van der Waals surface area contributed by atoms with Crippen molar-refractivity contribution in [3.63, 3.8) is 0 Å². The zero-order valence-electron chi connectivity index (χ0n) is 16.5. The molecule has 4 rings (SSSR count). The highest BCUT2D eigenvalue weighted by molar-refractivity contribution is 6.04. The van der Waals surface area contributed by atoms with E-state index >= 15 is 0 Å². The standard InChI is InChI=1S/C24H21FN2O3/c1-29-23-15-18(10-11-22(23)30-16-17-6-3-2-4-7-17)21-12-13-27(26-21)24(28)19-8-5-9-20(25)14-19/h2-11,14-15H,12-13,16H2,1H3. The minimum absolute atomic E-state index is 0.280. The van der Waals surface area contributed by atoms with Gasteiger partial charge in [0.1, 0.15) is 12.4 Å². The van der Waals surface area contributed by atoms with Crippen LogP contribution in [0.4, 0.5) is 4.39 Å². The lowest BCUT2D eigenvalue weighted by Gasteiger charge is -2.12. The fourth-order valence-electron chi connectivity index (χ4n) is 3.28. The van der Waals surface area contributed by atoms with Gasteiger partial charge in [-0.1, -0.05) is 36.4 Å². The summed E-state index contributed by atoms with van der Waals surface area (Å²) in [5, 5.41) is 5.82. The molecule has 1 amide bonds. The van der Waals surface area contributed by atoms with Gasteiger partial charge in [-0.3, -0.25) is 4.79 Å². The third-order valence-corrected chi connectivity index (χ3v) is 4.84. The highest BCUT2D eigenvalue weighted by Gasteiger charge is 2.23. The highest BCUT2D eigenvalue weighted by atomic mass is 19.1. The van der Waals surface area contributed by atoms with Gasteiger partial charge in [-0.25, -0.2) is 9.40 Å². The molecule has 1 heterocycles. The van der Waals surface area contributed by atoms with E-state index in [0.717, 1.165) is 16.8 Å². The van der Waals surface area contributed by atoms with Crippen molar-refractivity contribution in [3.8, 4) is 11.5 Å². The second-order valence-corrected chi connectivity index (χ2v) is 6.88. The minimum Gasteiger partial charge on any atom is -0.493 e. The number of hydrogen-bond donors (Lipinski definition) is 0. The summed E-state index contributed by atoms with van der Waals surface area (Å²) < 4.78 is 24.8. The van der Waals surface area contributed by atoms with Crippen molar-refractivity contribution < 1.29 is 18.7 Å². The average Bonchev–Trinajstić information content (AvgIpc) is 3.28. The number of carbonyl (C=O) groups excluding carboxylic acids is 1. The summed E-state index contributed by atoms with van der Waals surface area (Å²) in [6, 6.07) is 21.1. The second kappa shape index (κ2) is 8.78. The lowest BCUT2D eigenvalue weighted by molar-refractivity contribution is 0.0778. The van der Waals surface area contributed by atoms with Crippen LogP contribution in [-0.4, -0.2) is 30.3 Å². The van der Waals surface area contributed by atoms with Crippen molar-refractivity contribution in [3.05, 3.63) is 95.3 Å². The van der Waals surface area contributed by atoms with E-state index in [9.17, 15) is 9.18 Å². The maximum Gasteiger partial charge on any atom is 0.274 e. The Hall–Kier alpha value is -3.67. The summed E-state index contributed by atoms with van der Waals surface area (Å²) in [6.45, 7) is 0.882. The van der Waals surface area contributed by atoms with Crippen LogP contribution >= 0.6 is 0 Å². The number of methoxy groups -OCH3 is 1. The summed E-state index contributed by atoms with van der Waals surface area (Å²) in [5.74, 6) is 0.469. The van der Waals surface area contributed by atoms with Crippen molar-refractivity contribution >= 4 is 11.6 Å². The summed E-state index contributed by atoms with van der Waals surface area (Å²) in [5.41, 5.74) is 2.97. The quantitative estimate of drug-likeness (QED) is 0.600. The first kappa shape index (κ1) is 19.6. The highest BCUT2D eigenvalue weighted by Crippen LogP contribution is 2.30. The number of hydrazone groups is 1.